The van der Waals surface area contributed by atoms with E-state index in [1.807, 2.05) is 24.3 Å². The summed E-state index contributed by atoms with van der Waals surface area (Å²) in [6.45, 7) is 0. The van der Waals surface area contributed by atoms with Crippen LogP contribution in [0.4, 0.5) is 17.2 Å². The van der Waals surface area contributed by atoms with E-state index < -0.39 is 4.92 Å². The van der Waals surface area contributed by atoms with Crippen molar-refractivity contribution < 1.29 is 4.92 Å². The fourth-order valence-corrected chi connectivity index (χ4v) is 3.10. The summed E-state index contributed by atoms with van der Waals surface area (Å²) in [5.41, 5.74) is 2.17. The van der Waals surface area contributed by atoms with Gasteiger partial charge < -0.3 is 5.32 Å². The van der Waals surface area contributed by atoms with Crippen molar-refractivity contribution in [3.63, 3.8) is 0 Å². The zero-order valence-electron chi connectivity index (χ0n) is 10.6. The second kappa shape index (κ2) is 4.42. The normalized spacial score (nSPS) is 12.4. The molecule has 0 aliphatic carbocycles. The summed E-state index contributed by atoms with van der Waals surface area (Å²) in [7, 11) is 0. The van der Waals surface area contributed by atoms with E-state index in [0.29, 0.717) is 16.9 Å². The molecule has 0 atom stereocenters. The van der Waals surface area contributed by atoms with E-state index >= 15 is 0 Å². The van der Waals surface area contributed by atoms with Gasteiger partial charge in [0.1, 0.15) is 5.03 Å². The number of nitro benzene ring substituents is 1. The minimum absolute atomic E-state index is 0.0194. The van der Waals surface area contributed by atoms with Gasteiger partial charge in [-0.25, -0.2) is 9.97 Å². The van der Waals surface area contributed by atoms with Crippen LogP contribution in [0.1, 0.15) is 0 Å². The number of nitro groups is 1. The van der Waals surface area contributed by atoms with Gasteiger partial charge in [-0.3, -0.25) is 10.1 Å². The number of hydrogen-bond acceptors (Lipinski definition) is 6. The molecule has 6 nitrogen and oxygen atoms in total. The molecule has 0 saturated carbocycles. The highest BCUT2D eigenvalue weighted by atomic mass is 32.2. The first kappa shape index (κ1) is 12.1. The third-order valence-corrected chi connectivity index (χ3v) is 4.23. The lowest BCUT2D eigenvalue weighted by atomic mass is 10.2. The minimum Gasteiger partial charge on any atom is -0.337 e. The number of fused-ring (bicyclic) bond motifs is 3. The lowest BCUT2D eigenvalue weighted by molar-refractivity contribution is -0.384. The SMILES string of the molecule is O=[N+]([O-])c1ccc2nc3c(nc2c1)Sc1ccccc1N3. The molecule has 0 unspecified atom stereocenters. The lowest BCUT2D eigenvalue weighted by Gasteiger charge is -2.19. The summed E-state index contributed by atoms with van der Waals surface area (Å²) in [6.07, 6.45) is 0. The van der Waals surface area contributed by atoms with Crippen LogP contribution < -0.4 is 5.32 Å². The van der Waals surface area contributed by atoms with Gasteiger partial charge in [0.05, 0.1) is 21.6 Å². The van der Waals surface area contributed by atoms with Crippen LogP contribution in [0.15, 0.2) is 52.4 Å². The van der Waals surface area contributed by atoms with Gasteiger partial charge in [-0.1, -0.05) is 23.9 Å². The first-order valence-electron chi connectivity index (χ1n) is 6.21. The van der Waals surface area contributed by atoms with E-state index in [1.165, 1.54) is 23.9 Å². The Hall–Kier alpha value is -2.67. The average Bonchev–Trinajstić information content (AvgIpc) is 2.50. The molecule has 2 aromatic carbocycles. The van der Waals surface area contributed by atoms with E-state index in [2.05, 4.69) is 15.3 Å². The smallest absolute Gasteiger partial charge is 0.271 e. The summed E-state index contributed by atoms with van der Waals surface area (Å²) >= 11 is 1.51. The molecule has 0 saturated heterocycles. The van der Waals surface area contributed by atoms with Crippen LogP contribution in [0.25, 0.3) is 11.0 Å². The van der Waals surface area contributed by atoms with Crippen molar-refractivity contribution in [1.82, 2.24) is 9.97 Å². The van der Waals surface area contributed by atoms with Crippen molar-refractivity contribution in [2.75, 3.05) is 5.32 Å². The van der Waals surface area contributed by atoms with E-state index in [0.717, 1.165) is 15.6 Å². The number of aromatic nitrogens is 2. The first-order valence-corrected chi connectivity index (χ1v) is 7.02. The second-order valence-electron chi connectivity index (χ2n) is 4.53. The van der Waals surface area contributed by atoms with Crippen molar-refractivity contribution >= 4 is 40.0 Å². The van der Waals surface area contributed by atoms with Gasteiger partial charge in [-0.2, -0.15) is 0 Å². The Kier molecular flexibility index (Phi) is 2.55. The van der Waals surface area contributed by atoms with Crippen LogP contribution in [0, 0.1) is 10.1 Å². The number of nitrogens with one attached hydrogen (secondary N) is 1. The molecule has 0 amide bonds. The zero-order valence-corrected chi connectivity index (χ0v) is 11.4. The third-order valence-electron chi connectivity index (χ3n) is 3.17. The maximum atomic E-state index is 10.8. The molecule has 1 aliphatic heterocycles. The molecule has 0 fully saturated rings. The van der Waals surface area contributed by atoms with E-state index in [9.17, 15) is 10.1 Å². The second-order valence-corrected chi connectivity index (χ2v) is 5.56. The molecule has 3 aromatic rings. The highest BCUT2D eigenvalue weighted by molar-refractivity contribution is 7.99. The molecule has 21 heavy (non-hydrogen) atoms. The van der Waals surface area contributed by atoms with Gasteiger partial charge in [0, 0.05) is 17.0 Å². The van der Waals surface area contributed by atoms with Crippen molar-refractivity contribution in [3.8, 4) is 0 Å². The summed E-state index contributed by atoms with van der Waals surface area (Å²) < 4.78 is 0. The molecule has 1 N–H and O–H groups in total. The third kappa shape index (κ3) is 1.98. The Morgan fingerprint density at radius 1 is 1.10 bits per heavy atom. The summed E-state index contributed by atoms with van der Waals surface area (Å²) in [4.78, 5) is 20.5. The van der Waals surface area contributed by atoms with Crippen molar-refractivity contribution in [1.29, 1.82) is 0 Å². The highest BCUT2D eigenvalue weighted by Gasteiger charge is 2.19. The lowest BCUT2D eigenvalue weighted by Crippen LogP contribution is -2.04. The molecule has 0 spiro atoms. The van der Waals surface area contributed by atoms with Gasteiger partial charge in [0.15, 0.2) is 5.82 Å². The number of para-hydroxylation sites is 1. The number of anilines is 2. The molecule has 1 aliphatic rings. The summed E-state index contributed by atoms with van der Waals surface area (Å²) in [6, 6.07) is 12.4. The Bertz CT molecular complexity index is 897. The standard InChI is InChI=1S/C14H8N4O2S/c19-18(20)8-5-6-9-11(7-8)17-14-13(15-9)16-10-3-1-2-4-12(10)21-14/h1-7H,(H,15,16). The van der Waals surface area contributed by atoms with Crippen LogP contribution in [0.5, 0.6) is 0 Å². The van der Waals surface area contributed by atoms with Gasteiger partial charge in [-0.15, -0.1) is 0 Å². The molecule has 0 bridgehead atoms. The molecule has 102 valence electrons. The number of nitrogens with zero attached hydrogens (tertiary/aromatic N) is 3. The van der Waals surface area contributed by atoms with Gasteiger partial charge >= 0.3 is 0 Å². The fraction of sp³-hybridized carbons (Fsp3) is 0. The first-order chi connectivity index (χ1) is 10.2. The summed E-state index contributed by atoms with van der Waals surface area (Å²) in [5.74, 6) is 0.681. The molecule has 2 heterocycles. The molecular weight excluding hydrogens is 288 g/mol. The maximum absolute atomic E-state index is 10.8. The van der Waals surface area contributed by atoms with Crippen LogP contribution in [0.2, 0.25) is 0 Å². The fourth-order valence-electron chi connectivity index (χ4n) is 2.18. The number of non-ortho nitro benzene ring substituents is 1. The van der Waals surface area contributed by atoms with Crippen molar-refractivity contribution in [2.24, 2.45) is 0 Å². The Balaban J connectivity index is 1.87. The van der Waals surface area contributed by atoms with Crippen LogP contribution in [0.3, 0.4) is 0 Å². The van der Waals surface area contributed by atoms with Crippen molar-refractivity contribution in [2.45, 2.75) is 9.92 Å². The van der Waals surface area contributed by atoms with Crippen LogP contribution in [-0.2, 0) is 0 Å². The minimum atomic E-state index is -0.429. The zero-order chi connectivity index (χ0) is 14.4. The van der Waals surface area contributed by atoms with Gasteiger partial charge in [-0.05, 0) is 18.2 Å². The Morgan fingerprint density at radius 3 is 2.81 bits per heavy atom. The number of hydrogen-bond donors (Lipinski definition) is 1. The van der Waals surface area contributed by atoms with Crippen LogP contribution >= 0.6 is 11.8 Å². The molecule has 4 rings (SSSR count). The molecule has 7 heteroatoms. The predicted molar refractivity (Wildman–Crippen MR) is 80.0 cm³/mol. The van der Waals surface area contributed by atoms with Crippen LogP contribution in [-0.4, -0.2) is 14.9 Å². The molecular formula is C14H8N4O2S. The molecule has 0 radical (unpaired) electrons. The molecule has 1 aromatic heterocycles. The number of rotatable bonds is 1. The van der Waals surface area contributed by atoms with E-state index in [4.69, 9.17) is 0 Å². The average molecular weight is 296 g/mol. The van der Waals surface area contributed by atoms with E-state index in [1.54, 1.807) is 6.07 Å². The quantitative estimate of drug-likeness (QED) is 0.425. The topological polar surface area (TPSA) is 81.0 Å². The number of benzene rings is 2. The largest absolute Gasteiger partial charge is 0.337 e. The highest BCUT2D eigenvalue weighted by Crippen LogP contribution is 2.42. The van der Waals surface area contributed by atoms with Gasteiger partial charge in [0.2, 0.25) is 0 Å². The monoisotopic (exact) mass is 296 g/mol. The van der Waals surface area contributed by atoms with Crippen molar-refractivity contribution in [3.05, 3.63) is 52.6 Å². The Labute approximate surface area is 123 Å². The summed E-state index contributed by atoms with van der Waals surface area (Å²) in [5, 5.41) is 14.8. The van der Waals surface area contributed by atoms with E-state index in [-0.39, 0.29) is 5.69 Å². The van der Waals surface area contributed by atoms with Gasteiger partial charge in [0.25, 0.3) is 5.69 Å². The Morgan fingerprint density at radius 2 is 1.95 bits per heavy atom. The predicted octanol–water partition coefficient (Wildman–Crippen LogP) is 3.75. The maximum Gasteiger partial charge on any atom is 0.271 e.